The van der Waals surface area contributed by atoms with Gasteiger partial charge >= 0.3 is 0 Å². The lowest BCUT2D eigenvalue weighted by Crippen LogP contribution is -2.28. The molecule has 1 N–H and O–H groups in total. The standard InChI is InChI=1S/C17H27N3/c1-4-9-14(18-5-2)10-8-12-16-15-11-6-7-13-17(15)20(3)19-16/h6-7,11,13-14,18H,4-5,8-10,12H2,1-3H3. The molecule has 0 radical (unpaired) electrons. The second-order valence-corrected chi connectivity index (χ2v) is 5.52. The van der Waals surface area contributed by atoms with Gasteiger partial charge in [-0.2, -0.15) is 5.10 Å². The van der Waals surface area contributed by atoms with Gasteiger partial charge < -0.3 is 5.32 Å². The number of hydrogen-bond donors (Lipinski definition) is 1. The minimum Gasteiger partial charge on any atom is -0.314 e. The van der Waals surface area contributed by atoms with Gasteiger partial charge in [0.2, 0.25) is 0 Å². The van der Waals surface area contributed by atoms with E-state index in [-0.39, 0.29) is 0 Å². The van der Waals surface area contributed by atoms with Crippen LogP contribution in [0.25, 0.3) is 10.9 Å². The van der Waals surface area contributed by atoms with Crippen molar-refractivity contribution in [1.29, 1.82) is 0 Å². The molecule has 1 aromatic carbocycles. The summed E-state index contributed by atoms with van der Waals surface area (Å²) in [5.41, 5.74) is 2.48. The average Bonchev–Trinajstić information content (AvgIpc) is 2.77. The van der Waals surface area contributed by atoms with Crippen LogP contribution in [-0.2, 0) is 13.5 Å². The first-order valence-electron chi connectivity index (χ1n) is 7.90. The van der Waals surface area contributed by atoms with Gasteiger partial charge in [0.15, 0.2) is 0 Å². The van der Waals surface area contributed by atoms with E-state index in [0.717, 1.165) is 13.0 Å². The zero-order valence-corrected chi connectivity index (χ0v) is 13.0. The van der Waals surface area contributed by atoms with Crippen LogP contribution in [0.4, 0.5) is 0 Å². The molecule has 3 nitrogen and oxygen atoms in total. The molecule has 3 heteroatoms. The number of fused-ring (bicyclic) bond motifs is 1. The summed E-state index contributed by atoms with van der Waals surface area (Å²) in [5.74, 6) is 0. The van der Waals surface area contributed by atoms with Gasteiger partial charge in [-0.1, -0.05) is 38.5 Å². The Balaban J connectivity index is 1.95. The number of benzene rings is 1. The molecule has 2 aromatic rings. The van der Waals surface area contributed by atoms with E-state index >= 15 is 0 Å². The van der Waals surface area contributed by atoms with Crippen LogP contribution in [0.3, 0.4) is 0 Å². The van der Waals surface area contributed by atoms with Crippen LogP contribution in [0, 0.1) is 0 Å². The molecule has 0 spiro atoms. The summed E-state index contributed by atoms with van der Waals surface area (Å²) >= 11 is 0. The van der Waals surface area contributed by atoms with Crippen molar-refractivity contribution in [3.63, 3.8) is 0 Å². The van der Waals surface area contributed by atoms with Crippen LogP contribution >= 0.6 is 0 Å². The van der Waals surface area contributed by atoms with Gasteiger partial charge in [0.05, 0.1) is 11.2 Å². The highest BCUT2D eigenvalue weighted by Gasteiger charge is 2.10. The summed E-state index contributed by atoms with van der Waals surface area (Å²) in [6.07, 6.45) is 6.05. The van der Waals surface area contributed by atoms with E-state index in [9.17, 15) is 0 Å². The van der Waals surface area contributed by atoms with E-state index in [2.05, 4.69) is 48.5 Å². The molecular weight excluding hydrogens is 246 g/mol. The summed E-state index contributed by atoms with van der Waals surface area (Å²) in [4.78, 5) is 0. The molecule has 0 aliphatic carbocycles. The molecule has 0 saturated heterocycles. The van der Waals surface area contributed by atoms with E-state index in [0.29, 0.717) is 6.04 Å². The van der Waals surface area contributed by atoms with Gasteiger partial charge in [0.25, 0.3) is 0 Å². The molecule has 20 heavy (non-hydrogen) atoms. The lowest BCUT2D eigenvalue weighted by atomic mass is 10.0. The van der Waals surface area contributed by atoms with E-state index in [1.54, 1.807) is 0 Å². The number of nitrogens with zero attached hydrogens (tertiary/aromatic N) is 2. The Morgan fingerprint density at radius 2 is 2.00 bits per heavy atom. The number of para-hydroxylation sites is 1. The predicted octanol–water partition coefficient (Wildman–Crippen LogP) is 3.67. The van der Waals surface area contributed by atoms with Crippen molar-refractivity contribution in [2.75, 3.05) is 6.54 Å². The number of hydrogen-bond acceptors (Lipinski definition) is 2. The van der Waals surface area contributed by atoms with Gasteiger partial charge in [-0.25, -0.2) is 0 Å². The summed E-state index contributed by atoms with van der Waals surface area (Å²) in [6, 6.07) is 9.18. The Kier molecular flexibility index (Phi) is 5.60. The maximum Gasteiger partial charge on any atom is 0.0703 e. The summed E-state index contributed by atoms with van der Waals surface area (Å²) in [6.45, 7) is 5.52. The Bertz CT molecular complexity index is 524. The summed E-state index contributed by atoms with van der Waals surface area (Å²) < 4.78 is 2.00. The van der Waals surface area contributed by atoms with Crippen molar-refractivity contribution in [2.45, 2.75) is 52.0 Å². The highest BCUT2D eigenvalue weighted by molar-refractivity contribution is 5.81. The van der Waals surface area contributed by atoms with Crippen molar-refractivity contribution in [2.24, 2.45) is 7.05 Å². The van der Waals surface area contributed by atoms with Crippen LogP contribution in [-0.4, -0.2) is 22.4 Å². The van der Waals surface area contributed by atoms with Crippen LogP contribution in [0.2, 0.25) is 0 Å². The molecule has 1 aromatic heterocycles. The lowest BCUT2D eigenvalue weighted by Gasteiger charge is -2.16. The van der Waals surface area contributed by atoms with E-state index < -0.39 is 0 Å². The van der Waals surface area contributed by atoms with Crippen LogP contribution in [0.1, 0.15) is 45.2 Å². The van der Waals surface area contributed by atoms with Crippen molar-refractivity contribution in [3.05, 3.63) is 30.0 Å². The number of aromatic nitrogens is 2. The molecule has 1 atom stereocenters. The Morgan fingerprint density at radius 3 is 2.75 bits per heavy atom. The van der Waals surface area contributed by atoms with Crippen molar-refractivity contribution >= 4 is 10.9 Å². The maximum absolute atomic E-state index is 4.67. The number of nitrogens with one attached hydrogen (secondary N) is 1. The van der Waals surface area contributed by atoms with Gasteiger partial charge in [-0.15, -0.1) is 0 Å². The topological polar surface area (TPSA) is 29.9 Å². The van der Waals surface area contributed by atoms with Crippen LogP contribution in [0.5, 0.6) is 0 Å². The molecule has 0 amide bonds. The lowest BCUT2D eigenvalue weighted by molar-refractivity contribution is 0.446. The minimum atomic E-state index is 0.667. The molecule has 0 aliphatic rings. The molecule has 0 aliphatic heterocycles. The van der Waals surface area contributed by atoms with Crippen LogP contribution < -0.4 is 5.32 Å². The normalized spacial score (nSPS) is 12.9. The fourth-order valence-corrected chi connectivity index (χ4v) is 2.97. The largest absolute Gasteiger partial charge is 0.314 e. The smallest absolute Gasteiger partial charge is 0.0703 e. The highest BCUT2D eigenvalue weighted by atomic mass is 15.3. The SMILES string of the molecule is CCCC(CCCc1nn(C)c2ccccc12)NCC. The molecule has 0 bridgehead atoms. The Labute approximate surface area is 122 Å². The van der Waals surface area contributed by atoms with Gasteiger partial charge in [-0.3, -0.25) is 4.68 Å². The van der Waals surface area contributed by atoms with Gasteiger partial charge in [0, 0.05) is 18.5 Å². The number of rotatable bonds is 8. The fourth-order valence-electron chi connectivity index (χ4n) is 2.97. The summed E-state index contributed by atoms with van der Waals surface area (Å²) in [5, 5.41) is 9.57. The molecule has 1 unspecified atom stereocenters. The molecule has 0 fully saturated rings. The third kappa shape index (κ3) is 3.60. The monoisotopic (exact) mass is 273 g/mol. The third-order valence-corrected chi connectivity index (χ3v) is 3.93. The quantitative estimate of drug-likeness (QED) is 0.795. The minimum absolute atomic E-state index is 0.667. The predicted molar refractivity (Wildman–Crippen MR) is 86.0 cm³/mol. The zero-order valence-electron chi connectivity index (χ0n) is 13.0. The Hall–Kier alpha value is -1.35. The van der Waals surface area contributed by atoms with E-state index in [1.165, 1.54) is 42.3 Å². The number of aryl methyl sites for hydroxylation is 2. The molecule has 110 valence electrons. The molecule has 2 rings (SSSR count). The first-order chi connectivity index (χ1) is 9.76. The molecule has 0 saturated carbocycles. The third-order valence-electron chi connectivity index (χ3n) is 3.93. The van der Waals surface area contributed by atoms with E-state index in [4.69, 9.17) is 0 Å². The van der Waals surface area contributed by atoms with Crippen molar-refractivity contribution in [3.8, 4) is 0 Å². The van der Waals surface area contributed by atoms with Crippen molar-refractivity contribution < 1.29 is 0 Å². The second kappa shape index (κ2) is 7.44. The highest BCUT2D eigenvalue weighted by Crippen LogP contribution is 2.19. The average molecular weight is 273 g/mol. The maximum atomic E-state index is 4.67. The zero-order chi connectivity index (χ0) is 14.4. The first kappa shape index (κ1) is 15.0. The Morgan fingerprint density at radius 1 is 1.20 bits per heavy atom. The van der Waals surface area contributed by atoms with Crippen molar-refractivity contribution in [1.82, 2.24) is 15.1 Å². The fraction of sp³-hybridized carbons (Fsp3) is 0.588. The van der Waals surface area contributed by atoms with Gasteiger partial charge in [-0.05, 0) is 38.3 Å². The van der Waals surface area contributed by atoms with Crippen LogP contribution in [0.15, 0.2) is 24.3 Å². The second-order valence-electron chi connectivity index (χ2n) is 5.52. The summed E-state index contributed by atoms with van der Waals surface area (Å²) in [7, 11) is 2.03. The van der Waals surface area contributed by atoms with Gasteiger partial charge in [0.1, 0.15) is 0 Å². The molecular formula is C17H27N3. The van der Waals surface area contributed by atoms with E-state index in [1.807, 2.05) is 11.7 Å². The first-order valence-corrected chi connectivity index (χ1v) is 7.90. The molecule has 1 heterocycles.